The predicted molar refractivity (Wildman–Crippen MR) is 136 cm³/mol. The van der Waals surface area contributed by atoms with Crippen molar-refractivity contribution in [3.8, 4) is 11.5 Å². The van der Waals surface area contributed by atoms with Gasteiger partial charge in [-0.05, 0) is 68.3 Å². The number of hydrogen-bond acceptors (Lipinski definition) is 6. The Kier molecular flexibility index (Phi) is 6.50. The van der Waals surface area contributed by atoms with E-state index in [1.807, 2.05) is 30.4 Å². The number of anilines is 1. The van der Waals surface area contributed by atoms with Gasteiger partial charge < -0.3 is 14.8 Å². The molecule has 5 rings (SSSR count). The first-order valence-electron chi connectivity index (χ1n) is 11.0. The van der Waals surface area contributed by atoms with Gasteiger partial charge in [-0.3, -0.25) is 14.4 Å². The fraction of sp³-hybridized carbons (Fsp3) is 0.280. The van der Waals surface area contributed by atoms with Crippen LogP contribution in [0.3, 0.4) is 0 Å². The molecule has 10 heteroatoms. The second kappa shape index (κ2) is 9.58. The van der Waals surface area contributed by atoms with Gasteiger partial charge in [-0.15, -0.1) is 0 Å². The quantitative estimate of drug-likeness (QED) is 0.288. The van der Waals surface area contributed by atoms with Gasteiger partial charge in [0.15, 0.2) is 18.1 Å². The third-order valence-corrected chi connectivity index (χ3v) is 8.68. The number of para-hydroxylation sites is 1. The summed E-state index contributed by atoms with van der Waals surface area (Å²) >= 11 is 6.98. The van der Waals surface area contributed by atoms with Crippen LogP contribution in [0.25, 0.3) is 0 Å². The lowest BCUT2D eigenvalue weighted by Gasteiger charge is -2.16. The molecule has 180 valence electrons. The normalized spacial score (nSPS) is 24.4. The molecule has 0 unspecified atom stereocenters. The van der Waals surface area contributed by atoms with Crippen LogP contribution in [0.5, 0.6) is 11.5 Å². The van der Waals surface area contributed by atoms with E-state index >= 15 is 0 Å². The zero-order valence-electron chi connectivity index (χ0n) is 18.6. The van der Waals surface area contributed by atoms with Crippen LogP contribution in [0.15, 0.2) is 62.6 Å². The molecular formula is C25H21Br2N3O5. The van der Waals surface area contributed by atoms with Crippen molar-refractivity contribution in [1.29, 1.82) is 0 Å². The first kappa shape index (κ1) is 23.7. The maximum absolute atomic E-state index is 12.9. The standard InChI is InChI=1S/C25H21Br2N3O5/c1-34-17-10-15(11-28-30-24(32)19-13-7-8-14(9-13)20(19)25(30)33)21(26)22(27)23(17)35-12-18(31)29-16-5-3-2-4-6-16/h2-8,10-11,13-14,19-20H,9,12H2,1H3,(H,29,31)/t13-,14-,19-,20+/m0/s1. The number of rotatable bonds is 7. The van der Waals surface area contributed by atoms with Crippen LogP contribution in [-0.2, 0) is 14.4 Å². The van der Waals surface area contributed by atoms with Crippen molar-refractivity contribution >= 4 is 61.5 Å². The topological polar surface area (TPSA) is 97.3 Å². The third-order valence-electron chi connectivity index (χ3n) is 6.54. The molecule has 35 heavy (non-hydrogen) atoms. The Hall–Kier alpha value is -2.98. The molecule has 8 nitrogen and oxygen atoms in total. The van der Waals surface area contributed by atoms with Gasteiger partial charge in [0.2, 0.25) is 0 Å². The largest absolute Gasteiger partial charge is 0.493 e. The number of amides is 3. The number of nitrogens with zero attached hydrogens (tertiary/aromatic N) is 2. The van der Waals surface area contributed by atoms with Crippen LogP contribution in [0.2, 0.25) is 0 Å². The molecule has 3 aliphatic rings. The van der Waals surface area contributed by atoms with Crippen LogP contribution >= 0.6 is 31.9 Å². The van der Waals surface area contributed by atoms with Crippen molar-refractivity contribution < 1.29 is 23.9 Å². The lowest BCUT2D eigenvalue weighted by atomic mass is 9.85. The number of ether oxygens (including phenoxy) is 2. The first-order valence-corrected chi connectivity index (χ1v) is 12.6. The third kappa shape index (κ3) is 4.29. The number of nitrogens with one attached hydrogen (secondary N) is 1. The minimum Gasteiger partial charge on any atom is -0.493 e. The van der Waals surface area contributed by atoms with E-state index < -0.39 is 0 Å². The summed E-state index contributed by atoms with van der Waals surface area (Å²) in [5.41, 5.74) is 1.23. The van der Waals surface area contributed by atoms with E-state index in [2.05, 4.69) is 42.3 Å². The molecule has 2 aromatic carbocycles. The number of imide groups is 1. The van der Waals surface area contributed by atoms with Crippen molar-refractivity contribution in [3.63, 3.8) is 0 Å². The van der Waals surface area contributed by atoms with Gasteiger partial charge >= 0.3 is 0 Å². The summed E-state index contributed by atoms with van der Waals surface area (Å²) in [4.78, 5) is 38.0. The highest BCUT2D eigenvalue weighted by molar-refractivity contribution is 9.13. The zero-order chi connectivity index (χ0) is 24.7. The van der Waals surface area contributed by atoms with Gasteiger partial charge in [-0.1, -0.05) is 30.4 Å². The Morgan fingerprint density at radius 1 is 1.11 bits per heavy atom. The number of hydrogen-bond donors (Lipinski definition) is 1. The number of allylic oxidation sites excluding steroid dienone is 2. The highest BCUT2D eigenvalue weighted by Crippen LogP contribution is 2.52. The van der Waals surface area contributed by atoms with Crippen LogP contribution in [0.4, 0.5) is 5.69 Å². The monoisotopic (exact) mass is 601 g/mol. The van der Waals surface area contributed by atoms with Gasteiger partial charge in [0.25, 0.3) is 17.7 Å². The van der Waals surface area contributed by atoms with E-state index in [0.717, 1.165) is 11.4 Å². The maximum atomic E-state index is 12.9. The van der Waals surface area contributed by atoms with E-state index in [9.17, 15) is 14.4 Å². The second-order valence-electron chi connectivity index (χ2n) is 8.56. The Labute approximate surface area is 218 Å². The molecule has 4 atom stereocenters. The molecule has 1 heterocycles. The molecule has 1 N–H and O–H groups in total. The zero-order valence-corrected chi connectivity index (χ0v) is 21.8. The fourth-order valence-electron chi connectivity index (χ4n) is 4.96. The summed E-state index contributed by atoms with van der Waals surface area (Å²) < 4.78 is 12.3. The Morgan fingerprint density at radius 2 is 1.77 bits per heavy atom. The lowest BCUT2D eigenvalue weighted by Crippen LogP contribution is -2.28. The smallest absolute Gasteiger partial charge is 0.262 e. The Balaban J connectivity index is 1.31. The maximum Gasteiger partial charge on any atom is 0.262 e. The van der Waals surface area contributed by atoms with Crippen molar-refractivity contribution in [2.24, 2.45) is 28.8 Å². The number of benzene rings is 2. The number of carbonyl (C=O) groups excluding carboxylic acids is 3. The summed E-state index contributed by atoms with van der Waals surface area (Å²) in [6, 6.07) is 10.7. The lowest BCUT2D eigenvalue weighted by molar-refractivity contribution is -0.140. The van der Waals surface area contributed by atoms with Crippen LogP contribution < -0.4 is 14.8 Å². The second-order valence-corrected chi connectivity index (χ2v) is 10.1. The Morgan fingerprint density at radius 3 is 2.40 bits per heavy atom. The van der Waals surface area contributed by atoms with Crippen molar-refractivity contribution in [1.82, 2.24) is 5.01 Å². The summed E-state index contributed by atoms with van der Waals surface area (Å²) in [5.74, 6) is -0.519. The van der Waals surface area contributed by atoms with Gasteiger partial charge in [-0.25, -0.2) is 0 Å². The molecule has 2 aliphatic carbocycles. The SMILES string of the molecule is COc1cc(C=NN2C(=O)[C@@H]3[C@H](C2=O)[C@H]2C=C[C@H]3C2)c(Br)c(Br)c1OCC(=O)Nc1ccccc1. The number of methoxy groups -OCH3 is 1. The van der Waals surface area contributed by atoms with Gasteiger partial charge in [0, 0.05) is 15.7 Å². The molecule has 2 aromatic rings. The highest BCUT2D eigenvalue weighted by atomic mass is 79.9. The van der Waals surface area contributed by atoms with Crippen molar-refractivity contribution in [2.75, 3.05) is 19.0 Å². The molecule has 3 amide bonds. The number of carbonyl (C=O) groups is 3. The summed E-state index contributed by atoms with van der Waals surface area (Å²) in [7, 11) is 1.48. The molecule has 2 fully saturated rings. The molecule has 0 radical (unpaired) electrons. The van der Waals surface area contributed by atoms with E-state index in [-0.39, 0.29) is 48.0 Å². The van der Waals surface area contributed by atoms with E-state index in [0.29, 0.717) is 31.7 Å². The summed E-state index contributed by atoms with van der Waals surface area (Å²) in [6.07, 6.45) is 6.39. The molecule has 2 bridgehead atoms. The van der Waals surface area contributed by atoms with Gasteiger partial charge in [-0.2, -0.15) is 10.1 Å². The minimum atomic E-state index is -0.327. The van der Waals surface area contributed by atoms with E-state index in [1.165, 1.54) is 13.3 Å². The molecule has 0 spiro atoms. The highest BCUT2D eigenvalue weighted by Gasteiger charge is 2.59. The Bertz CT molecular complexity index is 1230. The van der Waals surface area contributed by atoms with E-state index in [4.69, 9.17) is 9.47 Å². The van der Waals surface area contributed by atoms with Crippen LogP contribution in [0, 0.1) is 23.7 Å². The number of fused-ring (bicyclic) bond motifs is 5. The molecule has 1 saturated carbocycles. The van der Waals surface area contributed by atoms with Gasteiger partial charge in [0.1, 0.15) is 0 Å². The number of hydrazone groups is 1. The van der Waals surface area contributed by atoms with Crippen LogP contribution in [-0.4, -0.2) is 42.7 Å². The molecule has 1 aliphatic heterocycles. The van der Waals surface area contributed by atoms with Crippen molar-refractivity contribution in [3.05, 3.63) is 63.1 Å². The summed E-state index contributed by atoms with van der Waals surface area (Å²) in [6.45, 7) is -0.236. The molecule has 1 saturated heterocycles. The molecule has 0 aromatic heterocycles. The van der Waals surface area contributed by atoms with Gasteiger partial charge in [0.05, 0.1) is 29.6 Å². The van der Waals surface area contributed by atoms with Crippen LogP contribution in [0.1, 0.15) is 12.0 Å². The minimum absolute atomic E-state index is 0.123. The van der Waals surface area contributed by atoms with Crippen molar-refractivity contribution in [2.45, 2.75) is 6.42 Å². The predicted octanol–water partition coefficient (Wildman–Crippen LogP) is 4.38. The average Bonchev–Trinajstić information content (AvgIpc) is 3.54. The fourth-order valence-corrected chi connectivity index (χ4v) is 5.90. The average molecular weight is 603 g/mol. The van der Waals surface area contributed by atoms with E-state index in [1.54, 1.807) is 18.2 Å². The number of halogens is 2. The first-order chi connectivity index (χ1) is 16.9. The molecular weight excluding hydrogens is 582 g/mol. The summed E-state index contributed by atoms with van der Waals surface area (Å²) in [5, 5.41) is 7.98.